The Labute approximate surface area is 174 Å². The van der Waals surface area contributed by atoms with E-state index in [1.807, 2.05) is 36.4 Å². The molecule has 4 rings (SSSR count). The molecule has 1 saturated carbocycles. The fourth-order valence-electron chi connectivity index (χ4n) is 3.85. The fourth-order valence-corrected chi connectivity index (χ4v) is 3.85. The molecule has 0 aliphatic heterocycles. The van der Waals surface area contributed by atoms with Gasteiger partial charge in [-0.15, -0.1) is 0 Å². The highest BCUT2D eigenvalue weighted by atomic mass is 16.5. The SMILES string of the molecule is O=C(O)CCC(NC(=O)OCC1c2ccccc2-c2ccccc21)C(=O)NC1CC1. The van der Waals surface area contributed by atoms with Crippen molar-refractivity contribution in [1.82, 2.24) is 10.6 Å². The molecule has 0 saturated heterocycles. The van der Waals surface area contributed by atoms with E-state index in [4.69, 9.17) is 9.84 Å². The number of rotatable bonds is 8. The lowest BCUT2D eigenvalue weighted by Gasteiger charge is -2.19. The molecule has 2 aliphatic carbocycles. The van der Waals surface area contributed by atoms with E-state index in [9.17, 15) is 14.4 Å². The lowest BCUT2D eigenvalue weighted by atomic mass is 9.98. The summed E-state index contributed by atoms with van der Waals surface area (Å²) in [5, 5.41) is 14.3. The molecule has 1 unspecified atom stereocenters. The molecule has 0 radical (unpaired) electrons. The molecule has 2 aromatic rings. The topological polar surface area (TPSA) is 105 Å². The van der Waals surface area contributed by atoms with Gasteiger partial charge in [0.2, 0.25) is 5.91 Å². The second-order valence-electron chi connectivity index (χ2n) is 7.74. The van der Waals surface area contributed by atoms with Gasteiger partial charge in [-0.1, -0.05) is 48.5 Å². The van der Waals surface area contributed by atoms with E-state index in [1.54, 1.807) is 0 Å². The molecular weight excluding hydrogens is 384 g/mol. The van der Waals surface area contributed by atoms with E-state index in [0.29, 0.717) is 0 Å². The Morgan fingerprint density at radius 3 is 2.17 bits per heavy atom. The molecule has 30 heavy (non-hydrogen) atoms. The molecule has 2 aliphatic rings. The minimum absolute atomic E-state index is 0.0120. The Kier molecular flexibility index (Phi) is 5.70. The van der Waals surface area contributed by atoms with Crippen molar-refractivity contribution in [3.05, 3.63) is 59.7 Å². The zero-order valence-electron chi connectivity index (χ0n) is 16.5. The van der Waals surface area contributed by atoms with Crippen molar-refractivity contribution in [2.24, 2.45) is 0 Å². The zero-order valence-corrected chi connectivity index (χ0v) is 16.5. The third kappa shape index (κ3) is 4.45. The summed E-state index contributed by atoms with van der Waals surface area (Å²) < 4.78 is 5.47. The summed E-state index contributed by atoms with van der Waals surface area (Å²) in [5.41, 5.74) is 4.45. The van der Waals surface area contributed by atoms with Gasteiger partial charge in [0.05, 0.1) is 0 Å². The number of nitrogens with one attached hydrogen (secondary N) is 2. The summed E-state index contributed by atoms with van der Waals surface area (Å²) in [7, 11) is 0. The molecule has 156 valence electrons. The summed E-state index contributed by atoms with van der Waals surface area (Å²) in [4.78, 5) is 35.7. The number of carboxylic acids is 1. The number of benzene rings is 2. The minimum atomic E-state index is -1.02. The third-order valence-corrected chi connectivity index (χ3v) is 5.52. The standard InChI is InChI=1S/C23H24N2O5/c26-21(27)12-11-20(22(28)24-14-9-10-14)25-23(29)30-13-19-17-7-3-1-5-15(17)16-6-2-4-8-18(16)19/h1-8,14,19-20H,9-13H2,(H,24,28)(H,25,29)(H,26,27). The van der Waals surface area contributed by atoms with Crippen LogP contribution in [0.15, 0.2) is 48.5 Å². The predicted octanol–water partition coefficient (Wildman–Crippen LogP) is 3.04. The lowest BCUT2D eigenvalue weighted by molar-refractivity contribution is -0.137. The molecule has 7 heteroatoms. The van der Waals surface area contributed by atoms with Gasteiger partial charge in [0.25, 0.3) is 0 Å². The first-order valence-corrected chi connectivity index (χ1v) is 10.2. The Balaban J connectivity index is 1.40. The number of alkyl carbamates (subject to hydrolysis) is 1. The average molecular weight is 408 g/mol. The van der Waals surface area contributed by atoms with Gasteiger partial charge in [-0.05, 0) is 41.5 Å². The number of carboxylic acid groups (broad SMARTS) is 1. The maximum absolute atomic E-state index is 12.4. The van der Waals surface area contributed by atoms with Crippen LogP contribution in [0.2, 0.25) is 0 Å². The number of hydrogen-bond donors (Lipinski definition) is 3. The first kappa shape index (κ1) is 19.9. The molecule has 3 N–H and O–H groups in total. The van der Waals surface area contributed by atoms with Crippen LogP contribution in [0.1, 0.15) is 42.7 Å². The van der Waals surface area contributed by atoms with Gasteiger partial charge in [0.15, 0.2) is 0 Å². The van der Waals surface area contributed by atoms with Crippen molar-refractivity contribution in [3.63, 3.8) is 0 Å². The van der Waals surface area contributed by atoms with E-state index in [2.05, 4.69) is 22.8 Å². The number of hydrogen-bond acceptors (Lipinski definition) is 4. The Morgan fingerprint density at radius 2 is 1.60 bits per heavy atom. The predicted molar refractivity (Wildman–Crippen MR) is 110 cm³/mol. The van der Waals surface area contributed by atoms with Crippen LogP contribution in [0.25, 0.3) is 11.1 Å². The van der Waals surface area contributed by atoms with Crippen LogP contribution >= 0.6 is 0 Å². The van der Waals surface area contributed by atoms with Gasteiger partial charge in [0, 0.05) is 18.4 Å². The quantitative estimate of drug-likeness (QED) is 0.623. The number of carbonyl (C=O) groups excluding carboxylic acids is 2. The molecule has 0 spiro atoms. The summed E-state index contributed by atoms with van der Waals surface area (Å²) in [6.07, 6.45) is 0.882. The maximum atomic E-state index is 12.4. The smallest absolute Gasteiger partial charge is 0.407 e. The molecule has 7 nitrogen and oxygen atoms in total. The third-order valence-electron chi connectivity index (χ3n) is 5.52. The molecule has 0 aromatic heterocycles. The number of aliphatic carboxylic acids is 1. The van der Waals surface area contributed by atoms with E-state index in [-0.39, 0.29) is 37.3 Å². The highest BCUT2D eigenvalue weighted by Gasteiger charge is 2.31. The molecule has 0 bridgehead atoms. The van der Waals surface area contributed by atoms with Crippen LogP contribution < -0.4 is 10.6 Å². The lowest BCUT2D eigenvalue weighted by Crippen LogP contribution is -2.47. The van der Waals surface area contributed by atoms with E-state index in [0.717, 1.165) is 35.1 Å². The first-order chi connectivity index (χ1) is 14.5. The van der Waals surface area contributed by atoms with Crippen molar-refractivity contribution in [2.75, 3.05) is 6.61 Å². The van der Waals surface area contributed by atoms with Gasteiger partial charge in [-0.3, -0.25) is 9.59 Å². The summed E-state index contributed by atoms with van der Waals surface area (Å²) in [5.74, 6) is -1.47. The molecular formula is C23H24N2O5. The van der Waals surface area contributed by atoms with Crippen LogP contribution in [0.4, 0.5) is 4.79 Å². The van der Waals surface area contributed by atoms with Crippen molar-refractivity contribution in [2.45, 2.75) is 43.7 Å². The Hall–Kier alpha value is -3.35. The van der Waals surface area contributed by atoms with Gasteiger partial charge < -0.3 is 20.5 Å². The van der Waals surface area contributed by atoms with Gasteiger partial charge in [-0.2, -0.15) is 0 Å². The fraction of sp³-hybridized carbons (Fsp3) is 0.348. The highest BCUT2D eigenvalue weighted by Crippen LogP contribution is 2.44. The molecule has 0 heterocycles. The second-order valence-corrected chi connectivity index (χ2v) is 7.74. The monoisotopic (exact) mass is 408 g/mol. The summed E-state index contributed by atoms with van der Waals surface area (Å²) >= 11 is 0. The van der Waals surface area contributed by atoms with Crippen LogP contribution in [0.5, 0.6) is 0 Å². The number of carbonyl (C=O) groups is 3. The maximum Gasteiger partial charge on any atom is 0.407 e. The van der Waals surface area contributed by atoms with Crippen molar-refractivity contribution < 1.29 is 24.2 Å². The Morgan fingerprint density at radius 1 is 1.00 bits per heavy atom. The van der Waals surface area contributed by atoms with Crippen LogP contribution in [-0.4, -0.2) is 41.8 Å². The van der Waals surface area contributed by atoms with Crippen molar-refractivity contribution in [3.8, 4) is 11.1 Å². The van der Waals surface area contributed by atoms with Crippen LogP contribution in [0.3, 0.4) is 0 Å². The number of ether oxygens (including phenoxy) is 1. The van der Waals surface area contributed by atoms with Crippen LogP contribution in [0, 0.1) is 0 Å². The molecule has 1 fully saturated rings. The average Bonchev–Trinajstić information content (AvgIpc) is 3.49. The second kappa shape index (κ2) is 8.57. The number of fused-ring (bicyclic) bond motifs is 3. The normalized spacial score (nSPS) is 15.6. The van der Waals surface area contributed by atoms with E-state index < -0.39 is 18.1 Å². The molecule has 1 atom stereocenters. The summed E-state index contributed by atoms with van der Waals surface area (Å²) in [6.45, 7) is 0.135. The van der Waals surface area contributed by atoms with E-state index in [1.165, 1.54) is 0 Å². The minimum Gasteiger partial charge on any atom is -0.481 e. The van der Waals surface area contributed by atoms with Crippen LogP contribution in [-0.2, 0) is 14.3 Å². The Bertz CT molecular complexity index is 924. The van der Waals surface area contributed by atoms with E-state index >= 15 is 0 Å². The van der Waals surface area contributed by atoms with Gasteiger partial charge >= 0.3 is 12.1 Å². The van der Waals surface area contributed by atoms with Crippen molar-refractivity contribution >= 4 is 18.0 Å². The van der Waals surface area contributed by atoms with Gasteiger partial charge in [-0.25, -0.2) is 4.79 Å². The van der Waals surface area contributed by atoms with Gasteiger partial charge in [0.1, 0.15) is 12.6 Å². The molecule has 2 amide bonds. The highest BCUT2D eigenvalue weighted by molar-refractivity contribution is 5.86. The number of amides is 2. The zero-order chi connectivity index (χ0) is 21.1. The molecule has 2 aromatic carbocycles. The summed E-state index contributed by atoms with van der Waals surface area (Å²) in [6, 6.07) is 15.2. The largest absolute Gasteiger partial charge is 0.481 e. The van der Waals surface area contributed by atoms with Crippen molar-refractivity contribution in [1.29, 1.82) is 0 Å². The first-order valence-electron chi connectivity index (χ1n) is 10.2.